The van der Waals surface area contributed by atoms with Crippen LogP contribution >= 0.6 is 23.5 Å². The minimum Gasteiger partial charge on any atom is -0.378 e. The third kappa shape index (κ3) is 22.9. The summed E-state index contributed by atoms with van der Waals surface area (Å²) in [5.74, 6) is 2.57. The molecular weight excluding hydrogens is 432 g/mol. The lowest BCUT2D eigenvalue weighted by atomic mass is 10.1. The Hall–Kier alpha value is -0.0800. The topological polar surface area (TPSA) is 61.8 Å². The molecular formula is C24H46O5S2. The van der Waals surface area contributed by atoms with Crippen LogP contribution in [0.25, 0.3) is 0 Å². The normalized spacial score (nSPS) is 13.3. The number of Topliss-reactive ketones (excluding diaryl/α,β-unsaturated/α-hetero) is 2. The van der Waals surface area contributed by atoms with Gasteiger partial charge >= 0.3 is 0 Å². The van der Waals surface area contributed by atoms with Crippen molar-refractivity contribution in [3.05, 3.63) is 0 Å². The van der Waals surface area contributed by atoms with Crippen LogP contribution in [0.2, 0.25) is 0 Å². The van der Waals surface area contributed by atoms with E-state index < -0.39 is 0 Å². The first-order valence-electron chi connectivity index (χ1n) is 12.0. The van der Waals surface area contributed by atoms with Gasteiger partial charge in [0.1, 0.15) is 11.6 Å². The van der Waals surface area contributed by atoms with E-state index in [9.17, 15) is 9.59 Å². The summed E-state index contributed by atoms with van der Waals surface area (Å²) in [5, 5.41) is 0.730. The second-order valence-electron chi connectivity index (χ2n) is 7.89. The lowest BCUT2D eigenvalue weighted by molar-refractivity contribution is -0.119. The fraction of sp³-hybridized carbons (Fsp3) is 0.917. The van der Waals surface area contributed by atoms with E-state index in [1.54, 1.807) is 23.5 Å². The minimum atomic E-state index is 0.365. The van der Waals surface area contributed by atoms with Crippen LogP contribution in [-0.4, -0.2) is 73.2 Å². The van der Waals surface area contributed by atoms with Gasteiger partial charge in [0.2, 0.25) is 0 Å². The lowest BCUT2D eigenvalue weighted by Gasteiger charge is -2.11. The average molecular weight is 479 g/mol. The Morgan fingerprint density at radius 2 is 1.00 bits per heavy atom. The highest BCUT2D eigenvalue weighted by Gasteiger charge is 2.10. The predicted octanol–water partition coefficient (Wildman–Crippen LogP) is 5.58. The average Bonchev–Trinajstić information content (AvgIpc) is 2.73. The lowest BCUT2D eigenvalue weighted by Crippen LogP contribution is -2.13. The molecule has 0 amide bonds. The van der Waals surface area contributed by atoms with Gasteiger partial charge in [-0.1, -0.05) is 40.5 Å². The van der Waals surface area contributed by atoms with Gasteiger partial charge < -0.3 is 14.2 Å². The van der Waals surface area contributed by atoms with E-state index in [2.05, 4.69) is 27.7 Å². The third-order valence-electron chi connectivity index (χ3n) is 4.65. The van der Waals surface area contributed by atoms with Crippen LogP contribution in [0.1, 0.15) is 79.1 Å². The third-order valence-corrected chi connectivity index (χ3v) is 6.93. The monoisotopic (exact) mass is 478 g/mol. The maximum atomic E-state index is 11.7. The summed E-state index contributed by atoms with van der Waals surface area (Å²) in [6.45, 7) is 12.2. The van der Waals surface area contributed by atoms with Crippen molar-refractivity contribution in [2.75, 3.05) is 51.1 Å². The fourth-order valence-corrected chi connectivity index (χ4v) is 4.71. The molecule has 0 aromatic carbocycles. The van der Waals surface area contributed by atoms with E-state index in [0.29, 0.717) is 74.5 Å². The number of hydrogen-bond acceptors (Lipinski definition) is 7. The van der Waals surface area contributed by atoms with Gasteiger partial charge in [-0.05, 0) is 12.8 Å². The molecule has 0 saturated carbocycles. The Kier molecular flexibility index (Phi) is 23.0. The smallest absolute Gasteiger partial charge is 0.134 e. The number of ether oxygens (including phenoxy) is 3. The first-order valence-corrected chi connectivity index (χ1v) is 14.1. The molecule has 5 nitrogen and oxygen atoms in total. The largest absolute Gasteiger partial charge is 0.378 e. The number of ketones is 2. The van der Waals surface area contributed by atoms with Gasteiger partial charge in [-0.2, -0.15) is 23.5 Å². The van der Waals surface area contributed by atoms with Crippen molar-refractivity contribution in [3.8, 4) is 0 Å². The number of carbonyl (C=O) groups excluding carboxylic acids is 2. The van der Waals surface area contributed by atoms with E-state index >= 15 is 0 Å². The predicted molar refractivity (Wildman–Crippen MR) is 135 cm³/mol. The first-order chi connectivity index (χ1) is 15.0. The molecule has 0 spiro atoms. The summed E-state index contributed by atoms with van der Waals surface area (Å²) in [4.78, 5) is 23.5. The van der Waals surface area contributed by atoms with Crippen LogP contribution in [-0.2, 0) is 23.8 Å². The van der Waals surface area contributed by atoms with Crippen molar-refractivity contribution in [2.24, 2.45) is 0 Å². The van der Waals surface area contributed by atoms with Gasteiger partial charge in [-0.15, -0.1) is 0 Å². The Bertz CT molecular complexity index is 396. The summed E-state index contributed by atoms with van der Waals surface area (Å²) >= 11 is 3.60. The van der Waals surface area contributed by atoms with Gasteiger partial charge in [0.25, 0.3) is 0 Å². The second kappa shape index (κ2) is 23.1. The fourth-order valence-electron chi connectivity index (χ4n) is 2.87. The van der Waals surface area contributed by atoms with Crippen molar-refractivity contribution in [1.29, 1.82) is 0 Å². The molecule has 0 heterocycles. The maximum absolute atomic E-state index is 11.7. The number of thioether (sulfide) groups is 2. The van der Waals surface area contributed by atoms with Crippen LogP contribution in [0.3, 0.4) is 0 Å². The minimum absolute atomic E-state index is 0.365. The second-order valence-corrected chi connectivity index (χ2v) is 11.0. The highest BCUT2D eigenvalue weighted by molar-refractivity contribution is 8.00. The molecule has 0 aromatic rings. The Balaban J connectivity index is 3.33. The van der Waals surface area contributed by atoms with Crippen LogP contribution in [0.5, 0.6) is 0 Å². The zero-order valence-electron chi connectivity index (χ0n) is 20.3. The molecule has 0 aliphatic carbocycles. The number of hydrogen-bond donors (Lipinski definition) is 0. The summed E-state index contributed by atoms with van der Waals surface area (Å²) in [5.41, 5.74) is 0. The van der Waals surface area contributed by atoms with Crippen molar-refractivity contribution in [2.45, 2.75) is 89.6 Å². The van der Waals surface area contributed by atoms with E-state index in [1.807, 2.05) is 0 Å². The Morgan fingerprint density at radius 1 is 0.645 bits per heavy atom. The van der Waals surface area contributed by atoms with Gasteiger partial charge in [-0.3, -0.25) is 9.59 Å². The van der Waals surface area contributed by atoms with E-state index in [-0.39, 0.29) is 0 Å². The van der Waals surface area contributed by atoms with Gasteiger partial charge in [0.05, 0.1) is 39.6 Å². The quantitative estimate of drug-likeness (QED) is 0.168. The highest BCUT2D eigenvalue weighted by atomic mass is 32.2. The molecule has 0 saturated heterocycles. The van der Waals surface area contributed by atoms with E-state index in [4.69, 9.17) is 14.2 Å². The molecule has 0 aromatic heterocycles. The zero-order valence-corrected chi connectivity index (χ0v) is 22.0. The summed E-state index contributed by atoms with van der Waals surface area (Å²) in [7, 11) is 0. The van der Waals surface area contributed by atoms with Crippen LogP contribution in [0.15, 0.2) is 0 Å². The molecule has 2 atom stereocenters. The molecule has 31 heavy (non-hydrogen) atoms. The Morgan fingerprint density at radius 3 is 1.35 bits per heavy atom. The van der Waals surface area contributed by atoms with Gasteiger partial charge in [0, 0.05) is 47.7 Å². The summed E-state index contributed by atoms with van der Waals surface area (Å²) in [6.07, 6.45) is 6.94. The standard InChI is InChI=1S/C24H46O5S2/c1-5-7-9-23(25)19-21(3)30-17-15-28-13-11-27-12-14-29-16-18-31-22(4)20-24(26)10-8-6-2/h21-22H,5-20H2,1-4H3. The number of rotatable bonds is 24. The molecule has 0 rings (SSSR count). The number of carbonyl (C=O) groups is 2. The van der Waals surface area contributed by atoms with Crippen molar-refractivity contribution >= 4 is 35.1 Å². The summed E-state index contributed by atoms with van der Waals surface area (Å²) < 4.78 is 16.7. The molecule has 0 N–H and O–H groups in total. The SMILES string of the molecule is CCCCC(=O)CC(C)SCCOCCOCCOCCSC(C)CC(=O)CCCC. The van der Waals surface area contributed by atoms with Crippen LogP contribution < -0.4 is 0 Å². The van der Waals surface area contributed by atoms with Gasteiger partial charge in [-0.25, -0.2) is 0 Å². The molecule has 0 aliphatic rings. The molecule has 0 fully saturated rings. The van der Waals surface area contributed by atoms with Gasteiger partial charge in [0.15, 0.2) is 0 Å². The van der Waals surface area contributed by atoms with Crippen LogP contribution in [0, 0.1) is 0 Å². The summed E-state index contributed by atoms with van der Waals surface area (Å²) in [6, 6.07) is 0. The Labute approximate surface area is 199 Å². The van der Waals surface area contributed by atoms with Crippen molar-refractivity contribution < 1.29 is 23.8 Å². The van der Waals surface area contributed by atoms with E-state index in [1.165, 1.54) is 0 Å². The van der Waals surface area contributed by atoms with Crippen molar-refractivity contribution in [1.82, 2.24) is 0 Å². The molecule has 184 valence electrons. The molecule has 0 bridgehead atoms. The first kappa shape index (κ1) is 30.9. The van der Waals surface area contributed by atoms with E-state index in [0.717, 1.165) is 50.0 Å². The molecule has 0 aliphatic heterocycles. The zero-order chi connectivity index (χ0) is 23.2. The van der Waals surface area contributed by atoms with Crippen molar-refractivity contribution in [3.63, 3.8) is 0 Å². The number of unbranched alkanes of at least 4 members (excludes halogenated alkanes) is 2. The maximum Gasteiger partial charge on any atom is 0.134 e. The van der Waals surface area contributed by atoms with Crippen LogP contribution in [0.4, 0.5) is 0 Å². The molecule has 2 unspecified atom stereocenters. The molecule has 0 radical (unpaired) electrons. The molecule has 7 heteroatoms. The highest BCUT2D eigenvalue weighted by Crippen LogP contribution is 2.16.